The highest BCUT2D eigenvalue weighted by Gasteiger charge is 2.15. The number of hydrogen-bond donors (Lipinski definition) is 2. The van der Waals surface area contributed by atoms with Crippen molar-refractivity contribution in [3.8, 4) is 0 Å². The molecular formula is C12H25N3O2. The Balaban J connectivity index is 4.13. The van der Waals surface area contributed by atoms with Gasteiger partial charge in [0.05, 0.1) is 6.54 Å². The average Bonchev–Trinajstić information content (AvgIpc) is 2.21. The van der Waals surface area contributed by atoms with Crippen LogP contribution < -0.4 is 11.1 Å². The maximum atomic E-state index is 11.8. The Kier molecular flexibility index (Phi) is 7.54. The molecule has 0 radical (unpaired) electrons. The normalized spacial score (nSPS) is 12.4. The highest BCUT2D eigenvalue weighted by atomic mass is 16.2. The minimum absolute atomic E-state index is 0.0105. The summed E-state index contributed by atoms with van der Waals surface area (Å²) in [5.74, 6) is -0.125. The van der Waals surface area contributed by atoms with Gasteiger partial charge in [0, 0.05) is 25.0 Å². The second-order valence-corrected chi connectivity index (χ2v) is 4.65. The first-order valence-corrected chi connectivity index (χ1v) is 6.19. The van der Waals surface area contributed by atoms with Crippen LogP contribution in [0.15, 0.2) is 0 Å². The molecular weight excluding hydrogens is 218 g/mol. The van der Waals surface area contributed by atoms with Crippen LogP contribution in [0.2, 0.25) is 0 Å². The average molecular weight is 243 g/mol. The highest BCUT2D eigenvalue weighted by Crippen LogP contribution is 2.00. The van der Waals surface area contributed by atoms with Crippen LogP contribution in [-0.4, -0.2) is 41.9 Å². The summed E-state index contributed by atoms with van der Waals surface area (Å²) in [4.78, 5) is 24.9. The molecule has 0 heterocycles. The fourth-order valence-electron chi connectivity index (χ4n) is 1.43. The molecule has 3 N–H and O–H groups in total. The second-order valence-electron chi connectivity index (χ2n) is 4.65. The van der Waals surface area contributed by atoms with Crippen molar-refractivity contribution in [1.29, 1.82) is 0 Å². The van der Waals surface area contributed by atoms with Crippen molar-refractivity contribution in [3.05, 3.63) is 0 Å². The van der Waals surface area contributed by atoms with Crippen LogP contribution in [0.3, 0.4) is 0 Å². The molecule has 0 saturated heterocycles. The Bertz CT molecular complexity index is 252. The van der Waals surface area contributed by atoms with E-state index in [0.717, 1.165) is 0 Å². The Morgan fingerprint density at radius 1 is 1.29 bits per heavy atom. The number of rotatable bonds is 7. The van der Waals surface area contributed by atoms with Gasteiger partial charge in [0.1, 0.15) is 0 Å². The summed E-state index contributed by atoms with van der Waals surface area (Å²) in [7, 11) is 0. The summed E-state index contributed by atoms with van der Waals surface area (Å²) in [5.41, 5.74) is 5.60. The van der Waals surface area contributed by atoms with Crippen molar-refractivity contribution in [2.24, 2.45) is 5.73 Å². The van der Waals surface area contributed by atoms with E-state index in [0.29, 0.717) is 19.4 Å². The standard InChI is InChI=1S/C12H25N3O2/c1-5-15(8-11(16)14-9(2)3)12(17)7-6-10(4)13/h9-10H,5-8,13H2,1-4H3,(H,14,16). The molecule has 0 aromatic carbocycles. The largest absolute Gasteiger partial charge is 0.352 e. The van der Waals surface area contributed by atoms with Crippen LogP contribution >= 0.6 is 0 Å². The van der Waals surface area contributed by atoms with E-state index in [1.807, 2.05) is 27.7 Å². The zero-order valence-corrected chi connectivity index (χ0v) is 11.3. The predicted molar refractivity (Wildman–Crippen MR) is 68.4 cm³/mol. The van der Waals surface area contributed by atoms with Crippen LogP contribution in [0.1, 0.15) is 40.5 Å². The summed E-state index contributed by atoms with van der Waals surface area (Å²) >= 11 is 0. The van der Waals surface area contributed by atoms with Gasteiger partial charge >= 0.3 is 0 Å². The first-order valence-electron chi connectivity index (χ1n) is 6.19. The monoisotopic (exact) mass is 243 g/mol. The van der Waals surface area contributed by atoms with E-state index < -0.39 is 0 Å². The second kappa shape index (κ2) is 8.06. The van der Waals surface area contributed by atoms with E-state index in [2.05, 4.69) is 5.32 Å². The van der Waals surface area contributed by atoms with Crippen molar-refractivity contribution in [3.63, 3.8) is 0 Å². The number of carbonyl (C=O) groups is 2. The third-order valence-corrected chi connectivity index (χ3v) is 2.33. The van der Waals surface area contributed by atoms with Crippen molar-refractivity contribution < 1.29 is 9.59 Å². The van der Waals surface area contributed by atoms with Gasteiger partial charge in [-0.1, -0.05) is 0 Å². The van der Waals surface area contributed by atoms with E-state index in [9.17, 15) is 9.59 Å². The van der Waals surface area contributed by atoms with E-state index in [4.69, 9.17) is 5.73 Å². The zero-order valence-electron chi connectivity index (χ0n) is 11.3. The number of carbonyl (C=O) groups excluding carboxylic acids is 2. The number of nitrogens with zero attached hydrogens (tertiary/aromatic N) is 1. The van der Waals surface area contributed by atoms with Crippen LogP contribution in [0, 0.1) is 0 Å². The fourth-order valence-corrected chi connectivity index (χ4v) is 1.43. The predicted octanol–water partition coefficient (Wildman–Crippen LogP) is 0.487. The third-order valence-electron chi connectivity index (χ3n) is 2.33. The van der Waals surface area contributed by atoms with E-state index >= 15 is 0 Å². The summed E-state index contributed by atoms with van der Waals surface area (Å²) in [6, 6.07) is 0.113. The Morgan fingerprint density at radius 3 is 2.29 bits per heavy atom. The Morgan fingerprint density at radius 2 is 1.88 bits per heavy atom. The number of amides is 2. The lowest BCUT2D eigenvalue weighted by molar-refractivity contribution is -0.136. The van der Waals surface area contributed by atoms with Gasteiger partial charge in [0.15, 0.2) is 0 Å². The van der Waals surface area contributed by atoms with Crippen molar-refractivity contribution >= 4 is 11.8 Å². The van der Waals surface area contributed by atoms with Gasteiger partial charge in [-0.25, -0.2) is 0 Å². The lowest BCUT2D eigenvalue weighted by Gasteiger charge is -2.21. The Hall–Kier alpha value is -1.10. The van der Waals surface area contributed by atoms with E-state index in [1.165, 1.54) is 0 Å². The number of nitrogens with two attached hydrogens (primary N) is 1. The maximum Gasteiger partial charge on any atom is 0.239 e. The summed E-state index contributed by atoms with van der Waals surface area (Å²) in [5, 5.41) is 2.77. The number of likely N-dealkylation sites (N-methyl/N-ethyl adjacent to an activating group) is 1. The van der Waals surface area contributed by atoms with E-state index in [1.54, 1.807) is 4.90 Å². The molecule has 0 bridgehead atoms. The van der Waals surface area contributed by atoms with Crippen LogP contribution in [0.25, 0.3) is 0 Å². The van der Waals surface area contributed by atoms with Crippen LogP contribution in [0.4, 0.5) is 0 Å². The van der Waals surface area contributed by atoms with Gasteiger partial charge < -0.3 is 16.0 Å². The first kappa shape index (κ1) is 15.9. The molecule has 0 aromatic rings. The molecule has 100 valence electrons. The van der Waals surface area contributed by atoms with Crippen molar-refractivity contribution in [2.75, 3.05) is 13.1 Å². The van der Waals surface area contributed by atoms with Crippen LogP contribution in [-0.2, 0) is 9.59 Å². The molecule has 1 unspecified atom stereocenters. The smallest absolute Gasteiger partial charge is 0.239 e. The van der Waals surface area contributed by atoms with Gasteiger partial charge in [-0.2, -0.15) is 0 Å². The molecule has 5 nitrogen and oxygen atoms in total. The molecule has 0 aromatic heterocycles. The Labute approximate surface area is 104 Å². The SMILES string of the molecule is CCN(CC(=O)NC(C)C)C(=O)CCC(C)N. The molecule has 5 heteroatoms. The third kappa shape index (κ3) is 7.74. The van der Waals surface area contributed by atoms with Gasteiger partial charge in [-0.3, -0.25) is 9.59 Å². The molecule has 0 aliphatic carbocycles. The molecule has 0 fully saturated rings. The molecule has 0 aliphatic rings. The maximum absolute atomic E-state index is 11.8. The molecule has 0 saturated carbocycles. The highest BCUT2D eigenvalue weighted by molar-refractivity contribution is 5.84. The molecule has 0 aliphatic heterocycles. The minimum Gasteiger partial charge on any atom is -0.352 e. The van der Waals surface area contributed by atoms with Crippen molar-refractivity contribution in [1.82, 2.24) is 10.2 Å². The fraction of sp³-hybridized carbons (Fsp3) is 0.833. The van der Waals surface area contributed by atoms with Gasteiger partial charge in [0.25, 0.3) is 0 Å². The topological polar surface area (TPSA) is 75.4 Å². The van der Waals surface area contributed by atoms with Crippen LogP contribution in [0.5, 0.6) is 0 Å². The quantitative estimate of drug-likeness (QED) is 0.683. The lowest BCUT2D eigenvalue weighted by Crippen LogP contribution is -2.42. The molecule has 0 spiro atoms. The lowest BCUT2D eigenvalue weighted by atomic mass is 10.2. The summed E-state index contributed by atoms with van der Waals surface area (Å²) < 4.78 is 0. The molecule has 1 atom stereocenters. The molecule has 17 heavy (non-hydrogen) atoms. The first-order chi connectivity index (χ1) is 7.86. The van der Waals surface area contributed by atoms with Gasteiger partial charge in [-0.05, 0) is 34.1 Å². The molecule has 2 amide bonds. The minimum atomic E-state index is -0.115. The van der Waals surface area contributed by atoms with E-state index in [-0.39, 0.29) is 30.4 Å². The number of hydrogen-bond acceptors (Lipinski definition) is 3. The number of nitrogens with one attached hydrogen (secondary N) is 1. The van der Waals surface area contributed by atoms with Gasteiger partial charge in [-0.15, -0.1) is 0 Å². The summed E-state index contributed by atoms with van der Waals surface area (Å²) in [6.07, 6.45) is 1.06. The molecule has 0 rings (SSSR count). The summed E-state index contributed by atoms with van der Waals surface area (Å²) in [6.45, 7) is 8.20. The van der Waals surface area contributed by atoms with Crippen molar-refractivity contribution in [2.45, 2.75) is 52.6 Å². The zero-order chi connectivity index (χ0) is 13.4. The van der Waals surface area contributed by atoms with Gasteiger partial charge in [0.2, 0.25) is 11.8 Å².